The summed E-state index contributed by atoms with van der Waals surface area (Å²) in [4.78, 5) is 12.3. The molecule has 4 heteroatoms. The maximum Gasteiger partial charge on any atom is 0.252 e. The van der Waals surface area contributed by atoms with Crippen LogP contribution < -0.4 is 5.32 Å². The molecule has 1 amide bonds. The lowest BCUT2D eigenvalue weighted by Gasteiger charge is -2.25. The van der Waals surface area contributed by atoms with Gasteiger partial charge in [-0.15, -0.1) is 0 Å². The summed E-state index contributed by atoms with van der Waals surface area (Å²) in [5.41, 5.74) is 1.72. The number of carbonyl (C=O) groups excluding carboxylic acids is 1. The third-order valence-electron chi connectivity index (χ3n) is 3.42. The second kappa shape index (κ2) is 6.75. The summed E-state index contributed by atoms with van der Waals surface area (Å²) < 4.78 is 1.68. The highest BCUT2D eigenvalue weighted by molar-refractivity contribution is 9.11. The summed E-state index contributed by atoms with van der Waals surface area (Å²) in [5, 5.41) is 3.02. The number of carbonyl (C=O) groups is 1. The Labute approximate surface area is 142 Å². The molecular weight excluding hydrogens is 394 g/mol. The fraction of sp³-hybridized carbons (Fsp3) is 0.235. The number of benzene rings is 2. The summed E-state index contributed by atoms with van der Waals surface area (Å²) in [6.07, 6.45) is 0. The largest absolute Gasteiger partial charge is 0.351 e. The van der Waals surface area contributed by atoms with Crippen molar-refractivity contribution in [2.45, 2.75) is 19.3 Å². The molecule has 2 aromatic carbocycles. The highest BCUT2D eigenvalue weighted by atomic mass is 79.9. The van der Waals surface area contributed by atoms with Gasteiger partial charge in [-0.1, -0.05) is 60.1 Å². The van der Waals surface area contributed by atoms with E-state index in [0.717, 1.165) is 8.95 Å². The lowest BCUT2D eigenvalue weighted by Crippen LogP contribution is -2.36. The predicted molar refractivity (Wildman–Crippen MR) is 93.6 cm³/mol. The van der Waals surface area contributed by atoms with Crippen LogP contribution in [0.5, 0.6) is 0 Å². The zero-order valence-electron chi connectivity index (χ0n) is 12.0. The Kier molecular flexibility index (Phi) is 5.22. The van der Waals surface area contributed by atoms with Crippen LogP contribution in [0.1, 0.15) is 29.8 Å². The van der Waals surface area contributed by atoms with E-state index in [1.165, 1.54) is 5.56 Å². The SMILES string of the molecule is CC(C)(CNC(=O)c1cc(Br)ccc1Br)c1ccccc1. The summed E-state index contributed by atoms with van der Waals surface area (Å²) in [6.45, 7) is 4.83. The van der Waals surface area contributed by atoms with Gasteiger partial charge in [0.15, 0.2) is 0 Å². The monoisotopic (exact) mass is 409 g/mol. The summed E-state index contributed by atoms with van der Waals surface area (Å²) in [7, 11) is 0. The van der Waals surface area contributed by atoms with Crippen molar-refractivity contribution in [2.75, 3.05) is 6.54 Å². The van der Waals surface area contributed by atoms with Crippen LogP contribution in [0, 0.1) is 0 Å². The van der Waals surface area contributed by atoms with Crippen LogP contribution >= 0.6 is 31.9 Å². The van der Waals surface area contributed by atoms with Gasteiger partial charge in [0.25, 0.3) is 5.91 Å². The molecule has 0 bridgehead atoms. The molecular formula is C17H17Br2NO. The van der Waals surface area contributed by atoms with Gasteiger partial charge in [0.05, 0.1) is 5.56 Å². The highest BCUT2D eigenvalue weighted by Crippen LogP contribution is 2.24. The standard InChI is InChI=1S/C17H17Br2NO/c1-17(2,12-6-4-3-5-7-12)11-20-16(21)14-10-13(18)8-9-15(14)19/h3-10H,11H2,1-2H3,(H,20,21). The lowest BCUT2D eigenvalue weighted by atomic mass is 9.84. The zero-order valence-corrected chi connectivity index (χ0v) is 15.2. The lowest BCUT2D eigenvalue weighted by molar-refractivity contribution is 0.0945. The maximum atomic E-state index is 12.3. The van der Waals surface area contributed by atoms with Crippen molar-refractivity contribution in [3.05, 3.63) is 68.6 Å². The molecule has 0 aliphatic heterocycles. The van der Waals surface area contributed by atoms with Gasteiger partial charge in [-0.25, -0.2) is 0 Å². The van der Waals surface area contributed by atoms with Crippen molar-refractivity contribution >= 4 is 37.8 Å². The molecule has 0 saturated carbocycles. The second-order valence-electron chi connectivity index (χ2n) is 5.56. The van der Waals surface area contributed by atoms with Crippen molar-refractivity contribution in [3.63, 3.8) is 0 Å². The Balaban J connectivity index is 2.09. The molecule has 0 atom stereocenters. The van der Waals surface area contributed by atoms with E-state index in [1.54, 1.807) is 0 Å². The molecule has 0 spiro atoms. The van der Waals surface area contributed by atoms with Gasteiger partial charge in [-0.2, -0.15) is 0 Å². The van der Waals surface area contributed by atoms with Gasteiger partial charge in [0.1, 0.15) is 0 Å². The molecule has 21 heavy (non-hydrogen) atoms. The van der Waals surface area contributed by atoms with Gasteiger partial charge in [0.2, 0.25) is 0 Å². The molecule has 0 heterocycles. The third kappa shape index (κ3) is 4.17. The topological polar surface area (TPSA) is 29.1 Å². The van der Waals surface area contributed by atoms with Crippen molar-refractivity contribution in [2.24, 2.45) is 0 Å². The van der Waals surface area contributed by atoms with E-state index < -0.39 is 0 Å². The van der Waals surface area contributed by atoms with E-state index in [9.17, 15) is 4.79 Å². The van der Waals surface area contributed by atoms with Crippen LogP contribution in [-0.4, -0.2) is 12.5 Å². The molecule has 110 valence electrons. The van der Waals surface area contributed by atoms with E-state index in [0.29, 0.717) is 12.1 Å². The summed E-state index contributed by atoms with van der Waals surface area (Å²) in [5.74, 6) is -0.0767. The molecule has 0 aromatic heterocycles. The van der Waals surface area contributed by atoms with Crippen LogP contribution in [0.2, 0.25) is 0 Å². The molecule has 0 radical (unpaired) electrons. The van der Waals surface area contributed by atoms with Crippen molar-refractivity contribution in [1.82, 2.24) is 5.32 Å². The average Bonchev–Trinajstić information content (AvgIpc) is 2.48. The number of amides is 1. The Morgan fingerprint density at radius 3 is 2.43 bits per heavy atom. The second-order valence-corrected chi connectivity index (χ2v) is 7.33. The van der Waals surface area contributed by atoms with Gasteiger partial charge in [-0.3, -0.25) is 4.79 Å². The quantitative estimate of drug-likeness (QED) is 0.761. The summed E-state index contributed by atoms with van der Waals surface area (Å²) >= 11 is 6.81. The number of nitrogens with one attached hydrogen (secondary N) is 1. The predicted octanol–water partition coefficient (Wildman–Crippen LogP) is 4.92. The Hall–Kier alpha value is -1.13. The molecule has 0 aliphatic carbocycles. The third-order valence-corrected chi connectivity index (χ3v) is 4.60. The molecule has 1 N–H and O–H groups in total. The molecule has 2 aromatic rings. The fourth-order valence-corrected chi connectivity index (χ4v) is 2.85. The first kappa shape index (κ1) is 16.2. The summed E-state index contributed by atoms with van der Waals surface area (Å²) in [6, 6.07) is 15.8. The molecule has 0 saturated heterocycles. The van der Waals surface area contributed by atoms with Crippen molar-refractivity contribution < 1.29 is 4.79 Å². The van der Waals surface area contributed by atoms with Gasteiger partial charge >= 0.3 is 0 Å². The minimum absolute atomic E-state index is 0.0767. The molecule has 2 rings (SSSR count). The smallest absolute Gasteiger partial charge is 0.252 e. The Morgan fingerprint density at radius 2 is 1.76 bits per heavy atom. The first-order valence-corrected chi connectivity index (χ1v) is 8.27. The number of hydrogen-bond acceptors (Lipinski definition) is 1. The maximum absolute atomic E-state index is 12.3. The van der Waals surface area contributed by atoms with Gasteiger partial charge in [0, 0.05) is 20.9 Å². The molecule has 0 fully saturated rings. The van der Waals surface area contributed by atoms with Crippen LogP contribution in [-0.2, 0) is 5.41 Å². The molecule has 0 unspecified atom stereocenters. The normalized spacial score (nSPS) is 11.2. The van der Waals surface area contributed by atoms with Crippen LogP contribution in [0.25, 0.3) is 0 Å². The van der Waals surface area contributed by atoms with Crippen molar-refractivity contribution in [1.29, 1.82) is 0 Å². The Bertz CT molecular complexity index is 638. The van der Waals surface area contributed by atoms with E-state index >= 15 is 0 Å². The molecule has 0 aliphatic rings. The number of halogens is 2. The number of hydrogen-bond donors (Lipinski definition) is 1. The van der Waals surface area contributed by atoms with Crippen LogP contribution in [0.4, 0.5) is 0 Å². The first-order valence-electron chi connectivity index (χ1n) is 6.69. The van der Waals surface area contributed by atoms with E-state index in [-0.39, 0.29) is 11.3 Å². The number of rotatable bonds is 4. The van der Waals surface area contributed by atoms with Gasteiger partial charge in [-0.05, 0) is 39.7 Å². The zero-order chi connectivity index (χ0) is 15.5. The van der Waals surface area contributed by atoms with Crippen LogP contribution in [0.15, 0.2) is 57.5 Å². The minimum Gasteiger partial charge on any atom is -0.351 e. The van der Waals surface area contributed by atoms with Crippen LogP contribution in [0.3, 0.4) is 0 Å². The molecule has 2 nitrogen and oxygen atoms in total. The minimum atomic E-state index is -0.116. The first-order chi connectivity index (χ1) is 9.90. The van der Waals surface area contributed by atoms with E-state index in [1.807, 2.05) is 36.4 Å². The Morgan fingerprint density at radius 1 is 1.10 bits per heavy atom. The highest BCUT2D eigenvalue weighted by Gasteiger charge is 2.22. The van der Waals surface area contributed by atoms with Crippen molar-refractivity contribution in [3.8, 4) is 0 Å². The average molecular weight is 411 g/mol. The van der Waals surface area contributed by atoms with Gasteiger partial charge < -0.3 is 5.32 Å². The van der Waals surface area contributed by atoms with E-state index in [2.05, 4.69) is 63.2 Å². The fourth-order valence-electron chi connectivity index (χ4n) is 2.06. The van der Waals surface area contributed by atoms with E-state index in [4.69, 9.17) is 0 Å².